The molecular weight excluding hydrogens is 482 g/mol. The number of amides is 2. The van der Waals surface area contributed by atoms with Gasteiger partial charge < -0.3 is 24.2 Å². The van der Waals surface area contributed by atoms with Crippen LogP contribution in [0.1, 0.15) is 65.7 Å². The molecule has 0 aromatic carbocycles. The van der Waals surface area contributed by atoms with Crippen LogP contribution in [0.3, 0.4) is 0 Å². The lowest BCUT2D eigenvalue weighted by molar-refractivity contribution is -0.143. The van der Waals surface area contributed by atoms with Gasteiger partial charge in [0.05, 0.1) is 19.3 Å². The number of carbonyl (C=O) groups excluding carboxylic acids is 2. The van der Waals surface area contributed by atoms with Crippen molar-refractivity contribution in [1.82, 2.24) is 19.6 Å². The molecule has 0 unspecified atom stereocenters. The summed E-state index contributed by atoms with van der Waals surface area (Å²) in [5.74, 6) is 1.27. The Morgan fingerprint density at radius 3 is 2.03 bits per heavy atom. The van der Waals surface area contributed by atoms with Crippen molar-refractivity contribution in [3.63, 3.8) is 0 Å². The molecule has 0 N–H and O–H groups in total. The highest BCUT2D eigenvalue weighted by atomic mass is 16.6. The number of hydrogen-bond acceptors (Lipinski definition) is 7. The summed E-state index contributed by atoms with van der Waals surface area (Å²) in [4.78, 5) is 34.6. The van der Waals surface area contributed by atoms with Crippen LogP contribution in [-0.4, -0.2) is 116 Å². The lowest BCUT2D eigenvalue weighted by Crippen LogP contribution is -2.52. The topological polar surface area (TPSA) is 89.3 Å². The Morgan fingerprint density at radius 1 is 0.868 bits per heavy atom. The Balaban J connectivity index is 1.17. The minimum Gasteiger partial charge on any atom is -0.444 e. The lowest BCUT2D eigenvalue weighted by Gasteiger charge is -2.42. The van der Waals surface area contributed by atoms with Crippen molar-refractivity contribution < 1.29 is 19.1 Å². The number of rotatable bonds is 6. The second kappa shape index (κ2) is 13.0. The van der Waals surface area contributed by atoms with Gasteiger partial charge in [-0.2, -0.15) is 5.26 Å². The molecule has 4 saturated heterocycles. The van der Waals surface area contributed by atoms with Crippen LogP contribution in [0.25, 0.3) is 0 Å². The molecule has 4 fully saturated rings. The van der Waals surface area contributed by atoms with E-state index in [1.807, 2.05) is 30.6 Å². The van der Waals surface area contributed by atoms with Crippen molar-refractivity contribution in [2.75, 3.05) is 78.7 Å². The smallest absolute Gasteiger partial charge is 0.410 e. The molecule has 0 aliphatic carbocycles. The van der Waals surface area contributed by atoms with E-state index in [-0.39, 0.29) is 12.0 Å². The summed E-state index contributed by atoms with van der Waals surface area (Å²) in [6.07, 6.45) is 6.25. The van der Waals surface area contributed by atoms with Gasteiger partial charge in [-0.25, -0.2) is 4.79 Å². The Kier molecular flexibility index (Phi) is 9.94. The largest absolute Gasteiger partial charge is 0.444 e. The molecule has 9 nitrogen and oxygen atoms in total. The molecule has 4 rings (SSSR count). The predicted molar refractivity (Wildman–Crippen MR) is 145 cm³/mol. The maximum atomic E-state index is 13.5. The van der Waals surface area contributed by atoms with Crippen molar-refractivity contribution in [3.8, 4) is 6.07 Å². The van der Waals surface area contributed by atoms with Gasteiger partial charge in [-0.1, -0.05) is 0 Å². The molecule has 0 aromatic rings. The van der Waals surface area contributed by atoms with Gasteiger partial charge in [-0.15, -0.1) is 0 Å². The van der Waals surface area contributed by atoms with Crippen LogP contribution in [0.4, 0.5) is 4.79 Å². The molecule has 4 aliphatic rings. The maximum absolute atomic E-state index is 13.5. The minimum absolute atomic E-state index is 0.0666. The van der Waals surface area contributed by atoms with Gasteiger partial charge in [0, 0.05) is 58.9 Å². The van der Waals surface area contributed by atoms with Gasteiger partial charge >= 0.3 is 6.09 Å². The summed E-state index contributed by atoms with van der Waals surface area (Å²) in [7, 11) is 0. The number of carbonyl (C=O) groups is 2. The fourth-order valence-electron chi connectivity index (χ4n) is 6.40. The second-order valence-corrected chi connectivity index (χ2v) is 12.9. The number of piperidine rings is 3. The summed E-state index contributed by atoms with van der Waals surface area (Å²) < 4.78 is 11.0. The molecule has 214 valence electrons. The normalized spacial score (nSPS) is 24.7. The van der Waals surface area contributed by atoms with E-state index in [0.29, 0.717) is 24.7 Å². The molecule has 4 heterocycles. The van der Waals surface area contributed by atoms with Crippen LogP contribution >= 0.6 is 0 Å². The first-order chi connectivity index (χ1) is 18.2. The van der Waals surface area contributed by atoms with E-state index in [4.69, 9.17) is 9.47 Å². The van der Waals surface area contributed by atoms with Crippen molar-refractivity contribution >= 4 is 12.0 Å². The quantitative estimate of drug-likeness (QED) is 0.520. The Hall–Kier alpha value is -1.89. The highest BCUT2D eigenvalue weighted by Crippen LogP contribution is 2.35. The average molecular weight is 532 g/mol. The van der Waals surface area contributed by atoms with Crippen LogP contribution in [-0.2, 0) is 14.3 Å². The van der Waals surface area contributed by atoms with E-state index in [9.17, 15) is 14.9 Å². The predicted octanol–water partition coefficient (Wildman–Crippen LogP) is 3.20. The monoisotopic (exact) mass is 531 g/mol. The zero-order valence-corrected chi connectivity index (χ0v) is 24.0. The number of nitriles is 1. The molecule has 4 aliphatic heterocycles. The summed E-state index contributed by atoms with van der Waals surface area (Å²) in [6.45, 7) is 16.2. The zero-order valence-electron chi connectivity index (χ0n) is 24.0. The van der Waals surface area contributed by atoms with Gasteiger partial charge in [0.2, 0.25) is 5.91 Å². The lowest BCUT2D eigenvalue weighted by atomic mass is 9.77. The van der Waals surface area contributed by atoms with Gasteiger partial charge in [-0.05, 0) is 84.1 Å². The van der Waals surface area contributed by atoms with Crippen LogP contribution in [0, 0.1) is 28.6 Å². The van der Waals surface area contributed by atoms with Gasteiger partial charge in [0.1, 0.15) is 11.0 Å². The molecule has 0 radical (unpaired) electrons. The SMILES string of the molecule is CC(C)(C)OC(=O)N1CCC(CN2CCC(C#N)(C(=O)N3CCC(CCN4CCOCC4)CC3)CC2)CC1. The summed E-state index contributed by atoms with van der Waals surface area (Å²) in [5.41, 5.74) is -1.33. The first-order valence-electron chi connectivity index (χ1n) is 14.9. The Labute approximate surface area is 229 Å². The standard InChI is InChI=1S/C29H49N5O4/c1-28(2,3)38-27(36)34-14-7-25(8-15-34)22-32-16-9-29(23-30,10-17-32)26(35)33-12-5-24(6-13-33)4-11-31-18-20-37-21-19-31/h24-25H,4-22H2,1-3H3. The van der Waals surface area contributed by atoms with Crippen molar-refractivity contribution in [3.05, 3.63) is 0 Å². The first kappa shape index (κ1) is 29.1. The van der Waals surface area contributed by atoms with Gasteiger partial charge in [0.25, 0.3) is 0 Å². The second-order valence-electron chi connectivity index (χ2n) is 12.9. The number of nitrogens with zero attached hydrogens (tertiary/aromatic N) is 5. The summed E-state index contributed by atoms with van der Waals surface area (Å²) in [5, 5.41) is 10.1. The fourth-order valence-corrected chi connectivity index (χ4v) is 6.40. The van der Waals surface area contributed by atoms with Crippen molar-refractivity contribution in [1.29, 1.82) is 5.26 Å². The third-order valence-corrected chi connectivity index (χ3v) is 8.97. The minimum atomic E-state index is -0.864. The molecule has 0 atom stereocenters. The molecule has 0 spiro atoms. The number of morpholine rings is 1. The van der Waals surface area contributed by atoms with Gasteiger partial charge in [-0.3, -0.25) is 9.69 Å². The summed E-state index contributed by atoms with van der Waals surface area (Å²) in [6, 6.07) is 2.46. The van der Waals surface area contributed by atoms with E-state index in [1.165, 1.54) is 6.42 Å². The first-order valence-corrected chi connectivity index (χ1v) is 14.9. The third kappa shape index (κ3) is 7.83. The Bertz CT molecular complexity index is 823. The molecule has 0 bridgehead atoms. The molecular formula is C29H49N5O4. The molecule has 9 heteroatoms. The van der Waals surface area contributed by atoms with Crippen molar-refractivity contribution in [2.24, 2.45) is 17.3 Å². The molecule has 0 saturated carbocycles. The van der Waals surface area contributed by atoms with Crippen LogP contribution in [0.2, 0.25) is 0 Å². The van der Waals surface area contributed by atoms with Crippen LogP contribution in [0.5, 0.6) is 0 Å². The molecule has 2 amide bonds. The highest BCUT2D eigenvalue weighted by molar-refractivity contribution is 5.85. The van der Waals surface area contributed by atoms with Crippen molar-refractivity contribution in [2.45, 2.75) is 71.3 Å². The third-order valence-electron chi connectivity index (χ3n) is 8.97. The zero-order chi connectivity index (χ0) is 27.2. The van der Waals surface area contributed by atoms with E-state index >= 15 is 0 Å². The van der Waals surface area contributed by atoms with Gasteiger partial charge in [0.15, 0.2) is 0 Å². The van der Waals surface area contributed by atoms with E-state index in [1.54, 1.807) is 0 Å². The van der Waals surface area contributed by atoms with E-state index < -0.39 is 11.0 Å². The summed E-state index contributed by atoms with van der Waals surface area (Å²) >= 11 is 0. The van der Waals surface area contributed by atoms with Crippen LogP contribution < -0.4 is 0 Å². The van der Waals surface area contributed by atoms with E-state index in [2.05, 4.69) is 15.9 Å². The number of likely N-dealkylation sites (tertiary alicyclic amines) is 3. The maximum Gasteiger partial charge on any atom is 0.410 e. The highest BCUT2D eigenvalue weighted by Gasteiger charge is 2.45. The fraction of sp³-hybridized carbons (Fsp3) is 0.897. The van der Waals surface area contributed by atoms with Crippen LogP contribution in [0.15, 0.2) is 0 Å². The number of ether oxygens (including phenoxy) is 2. The molecule has 0 aromatic heterocycles. The number of hydrogen-bond donors (Lipinski definition) is 0. The Morgan fingerprint density at radius 2 is 1.45 bits per heavy atom. The van der Waals surface area contributed by atoms with E-state index in [0.717, 1.165) is 104 Å². The molecule has 38 heavy (non-hydrogen) atoms. The average Bonchev–Trinajstić information content (AvgIpc) is 2.92.